The summed E-state index contributed by atoms with van der Waals surface area (Å²) in [6, 6.07) is 18.8. The maximum absolute atomic E-state index is 13.1. The summed E-state index contributed by atoms with van der Waals surface area (Å²) >= 11 is 12.2. The molecule has 3 amide bonds. The zero-order valence-electron chi connectivity index (χ0n) is 17.8. The van der Waals surface area contributed by atoms with E-state index in [1.165, 1.54) is 0 Å². The molecule has 2 N–H and O–H groups in total. The first kappa shape index (κ1) is 22.6. The predicted octanol–water partition coefficient (Wildman–Crippen LogP) is 5.64. The van der Waals surface area contributed by atoms with Crippen LogP contribution in [0.25, 0.3) is 0 Å². The molecule has 0 spiro atoms. The van der Waals surface area contributed by atoms with Gasteiger partial charge in [-0.2, -0.15) is 0 Å². The number of halogens is 2. The second-order valence-corrected chi connectivity index (χ2v) is 8.47. The maximum atomic E-state index is 13.1. The lowest BCUT2D eigenvalue weighted by molar-refractivity contribution is -0.120. The molecule has 8 heteroatoms. The topological polar surface area (TPSA) is 78.5 Å². The number of anilines is 3. The van der Waals surface area contributed by atoms with Gasteiger partial charge in [0.25, 0.3) is 17.7 Å². The van der Waals surface area contributed by atoms with Crippen LogP contribution in [0.4, 0.5) is 17.1 Å². The number of carbonyl (C=O) groups excluding carboxylic acids is 3. The van der Waals surface area contributed by atoms with Gasteiger partial charge in [0.05, 0.1) is 5.69 Å². The molecule has 0 bridgehead atoms. The van der Waals surface area contributed by atoms with Gasteiger partial charge < -0.3 is 10.6 Å². The van der Waals surface area contributed by atoms with Gasteiger partial charge in [0.1, 0.15) is 10.7 Å². The lowest BCUT2D eigenvalue weighted by Crippen LogP contribution is -2.32. The molecule has 0 saturated carbocycles. The van der Waals surface area contributed by atoms with E-state index in [4.69, 9.17) is 23.2 Å². The maximum Gasteiger partial charge on any atom is 0.283 e. The summed E-state index contributed by atoms with van der Waals surface area (Å²) in [6.45, 7) is 3.77. The van der Waals surface area contributed by atoms with Crippen LogP contribution in [0.15, 0.2) is 77.5 Å². The standard InChI is InChI=1S/C25H19Cl2N3O3/c1-14-9-15(2)11-20(10-14)30-24(32)21(27)22(25(30)33)28-18-7-3-5-16(12-18)23(31)29-19-8-4-6-17(26)13-19/h3-13,28H,1-2H3,(H,29,31). The van der Waals surface area contributed by atoms with Crippen molar-refractivity contribution in [3.8, 4) is 0 Å². The zero-order chi connectivity index (χ0) is 23.7. The molecule has 0 atom stereocenters. The number of imide groups is 1. The number of hydrogen-bond acceptors (Lipinski definition) is 4. The van der Waals surface area contributed by atoms with E-state index in [1.807, 2.05) is 19.9 Å². The summed E-state index contributed by atoms with van der Waals surface area (Å²) in [7, 11) is 0. The molecule has 0 saturated heterocycles. The minimum Gasteiger partial charge on any atom is -0.350 e. The molecule has 1 heterocycles. The Morgan fingerprint density at radius 3 is 2.18 bits per heavy atom. The number of rotatable bonds is 5. The molecule has 0 radical (unpaired) electrons. The fourth-order valence-corrected chi connectivity index (χ4v) is 3.98. The number of carbonyl (C=O) groups is 3. The first-order chi connectivity index (χ1) is 15.7. The highest BCUT2D eigenvalue weighted by Gasteiger charge is 2.39. The molecule has 1 aliphatic heterocycles. The molecule has 6 nitrogen and oxygen atoms in total. The molecule has 3 aromatic carbocycles. The SMILES string of the molecule is Cc1cc(C)cc(N2C(=O)C(Cl)=C(Nc3cccc(C(=O)Nc4cccc(Cl)c4)c3)C2=O)c1. The van der Waals surface area contributed by atoms with Crippen LogP contribution in [0, 0.1) is 13.8 Å². The van der Waals surface area contributed by atoms with Gasteiger partial charge in [-0.15, -0.1) is 0 Å². The summed E-state index contributed by atoms with van der Waals surface area (Å²) in [5.41, 5.74) is 3.57. The quantitative estimate of drug-likeness (QED) is 0.463. The highest BCUT2D eigenvalue weighted by Crippen LogP contribution is 2.31. The molecule has 0 aliphatic carbocycles. The number of nitrogens with one attached hydrogen (secondary N) is 2. The Labute approximate surface area is 200 Å². The fraction of sp³-hybridized carbons (Fsp3) is 0.0800. The highest BCUT2D eigenvalue weighted by atomic mass is 35.5. The third-order valence-electron chi connectivity index (χ3n) is 4.97. The van der Waals surface area contributed by atoms with Crippen LogP contribution in [0.2, 0.25) is 5.02 Å². The predicted molar refractivity (Wildman–Crippen MR) is 131 cm³/mol. The number of aryl methyl sites for hydroxylation is 2. The van der Waals surface area contributed by atoms with Crippen LogP contribution >= 0.6 is 23.2 Å². The third-order valence-corrected chi connectivity index (χ3v) is 5.55. The lowest BCUT2D eigenvalue weighted by Gasteiger charge is -2.16. The average Bonchev–Trinajstić information content (AvgIpc) is 2.96. The van der Waals surface area contributed by atoms with Crippen LogP contribution < -0.4 is 15.5 Å². The van der Waals surface area contributed by atoms with Crippen molar-refractivity contribution in [3.63, 3.8) is 0 Å². The summed E-state index contributed by atoms with van der Waals surface area (Å²) in [6.07, 6.45) is 0. The van der Waals surface area contributed by atoms with E-state index in [2.05, 4.69) is 10.6 Å². The lowest BCUT2D eigenvalue weighted by atomic mass is 10.1. The van der Waals surface area contributed by atoms with E-state index in [9.17, 15) is 14.4 Å². The van der Waals surface area contributed by atoms with Crippen molar-refractivity contribution in [1.82, 2.24) is 0 Å². The third kappa shape index (κ3) is 4.77. The van der Waals surface area contributed by atoms with Gasteiger partial charge in [0.15, 0.2) is 0 Å². The first-order valence-corrected chi connectivity index (χ1v) is 10.8. The van der Waals surface area contributed by atoms with E-state index in [-0.39, 0.29) is 16.6 Å². The zero-order valence-corrected chi connectivity index (χ0v) is 19.3. The summed E-state index contributed by atoms with van der Waals surface area (Å²) in [5, 5.41) is 5.96. The molecule has 0 fully saturated rings. The molecule has 33 heavy (non-hydrogen) atoms. The van der Waals surface area contributed by atoms with E-state index in [1.54, 1.807) is 60.7 Å². The van der Waals surface area contributed by atoms with Gasteiger partial charge in [0.2, 0.25) is 0 Å². The smallest absolute Gasteiger partial charge is 0.283 e. The first-order valence-electron chi connectivity index (χ1n) is 10.0. The number of nitrogens with zero attached hydrogens (tertiary/aromatic N) is 1. The number of amides is 3. The van der Waals surface area contributed by atoms with Crippen molar-refractivity contribution in [2.24, 2.45) is 0 Å². The second kappa shape index (κ2) is 9.10. The van der Waals surface area contributed by atoms with Gasteiger partial charge in [-0.1, -0.05) is 41.4 Å². The average molecular weight is 480 g/mol. The van der Waals surface area contributed by atoms with Crippen molar-refractivity contribution < 1.29 is 14.4 Å². The van der Waals surface area contributed by atoms with Crippen LogP contribution in [0.1, 0.15) is 21.5 Å². The Bertz CT molecular complexity index is 1310. The summed E-state index contributed by atoms with van der Waals surface area (Å²) in [5.74, 6) is -1.53. The van der Waals surface area contributed by atoms with E-state index in [0.717, 1.165) is 16.0 Å². The van der Waals surface area contributed by atoms with Gasteiger partial charge in [0, 0.05) is 22.0 Å². The molecule has 166 valence electrons. The molecule has 4 rings (SSSR count). The van der Waals surface area contributed by atoms with Crippen molar-refractivity contribution >= 4 is 58.0 Å². The van der Waals surface area contributed by atoms with Crippen molar-refractivity contribution in [3.05, 3.63) is 99.2 Å². The molecule has 0 aromatic heterocycles. The molecule has 0 unspecified atom stereocenters. The Morgan fingerprint density at radius 2 is 1.48 bits per heavy atom. The summed E-state index contributed by atoms with van der Waals surface area (Å²) < 4.78 is 0. The highest BCUT2D eigenvalue weighted by molar-refractivity contribution is 6.53. The Kier molecular flexibility index (Phi) is 6.22. The van der Waals surface area contributed by atoms with E-state index >= 15 is 0 Å². The Morgan fingerprint density at radius 1 is 0.818 bits per heavy atom. The Balaban J connectivity index is 1.56. The van der Waals surface area contributed by atoms with Crippen molar-refractivity contribution in [1.29, 1.82) is 0 Å². The van der Waals surface area contributed by atoms with Crippen molar-refractivity contribution in [2.75, 3.05) is 15.5 Å². The molecule has 3 aromatic rings. The van der Waals surface area contributed by atoms with Gasteiger partial charge >= 0.3 is 0 Å². The van der Waals surface area contributed by atoms with Crippen LogP contribution in [0.5, 0.6) is 0 Å². The fourth-order valence-electron chi connectivity index (χ4n) is 3.58. The molecular formula is C25H19Cl2N3O3. The molecule has 1 aliphatic rings. The Hall–Kier alpha value is -3.61. The van der Waals surface area contributed by atoms with Crippen LogP contribution in [-0.4, -0.2) is 17.7 Å². The largest absolute Gasteiger partial charge is 0.350 e. The minimum absolute atomic E-state index is 0.0479. The van der Waals surface area contributed by atoms with E-state index in [0.29, 0.717) is 27.6 Å². The van der Waals surface area contributed by atoms with Gasteiger partial charge in [-0.25, -0.2) is 4.90 Å². The molecular weight excluding hydrogens is 461 g/mol. The van der Waals surface area contributed by atoms with Gasteiger partial charge in [-0.05, 0) is 73.5 Å². The van der Waals surface area contributed by atoms with Crippen LogP contribution in [0.3, 0.4) is 0 Å². The monoisotopic (exact) mass is 479 g/mol. The van der Waals surface area contributed by atoms with E-state index < -0.39 is 11.8 Å². The van der Waals surface area contributed by atoms with Crippen molar-refractivity contribution in [2.45, 2.75) is 13.8 Å². The second-order valence-electron chi connectivity index (χ2n) is 7.65. The number of benzene rings is 3. The van der Waals surface area contributed by atoms with Crippen LogP contribution in [-0.2, 0) is 9.59 Å². The van der Waals surface area contributed by atoms with Gasteiger partial charge in [-0.3, -0.25) is 14.4 Å². The normalized spacial score (nSPS) is 13.5. The number of hydrogen-bond donors (Lipinski definition) is 2. The summed E-state index contributed by atoms with van der Waals surface area (Å²) in [4.78, 5) is 39.5. The minimum atomic E-state index is -0.607.